The van der Waals surface area contributed by atoms with Crippen LogP contribution < -0.4 is 5.73 Å². The van der Waals surface area contributed by atoms with Gasteiger partial charge in [0.05, 0.1) is 6.54 Å². The first-order valence-corrected chi connectivity index (χ1v) is 7.63. The predicted molar refractivity (Wildman–Crippen MR) is 85.8 cm³/mol. The Kier molecular flexibility index (Phi) is 5.03. The highest BCUT2D eigenvalue weighted by Gasteiger charge is 2.32. The third kappa shape index (κ3) is 3.65. The molecule has 1 heterocycles. The van der Waals surface area contributed by atoms with Crippen molar-refractivity contribution in [3.63, 3.8) is 0 Å². The molecule has 112 valence electrons. The molecule has 1 aliphatic heterocycles. The number of amides is 1. The van der Waals surface area contributed by atoms with E-state index in [0.717, 1.165) is 12.1 Å². The first-order valence-electron chi connectivity index (χ1n) is 7.63. The molecule has 0 radical (unpaired) electrons. The molecule has 1 amide bonds. The molecule has 0 aromatic heterocycles. The summed E-state index contributed by atoms with van der Waals surface area (Å²) in [6, 6.07) is 7.81. The molecule has 0 bridgehead atoms. The lowest BCUT2D eigenvalue weighted by Gasteiger charge is -2.41. The molecule has 1 saturated heterocycles. The van der Waals surface area contributed by atoms with Gasteiger partial charge in [0.1, 0.15) is 0 Å². The Labute approximate surface area is 127 Å². The fraction of sp³-hybridized carbons (Fsp3) is 0.500. The highest BCUT2D eigenvalue weighted by molar-refractivity contribution is 5.94. The van der Waals surface area contributed by atoms with Crippen molar-refractivity contribution < 1.29 is 4.79 Å². The molecule has 3 heteroatoms. The number of carbonyl (C=O) groups is 1. The second-order valence-electron chi connectivity index (χ2n) is 6.10. The highest BCUT2D eigenvalue weighted by atomic mass is 16.2. The monoisotopic (exact) mass is 284 g/mol. The number of nitrogens with two attached hydrogens (primary N) is 1. The van der Waals surface area contributed by atoms with Crippen molar-refractivity contribution in [2.45, 2.75) is 33.2 Å². The maximum Gasteiger partial charge on any atom is 0.254 e. The standard InChI is InChI=1S/C18H24N2O/c1-13-10-14(2)15(3)20(12-13)18(21)17-8-4-6-16(11-17)7-5-9-19/h4,6,8,11,13-15H,9-10,12,19H2,1-3H3. The molecule has 1 fully saturated rings. The van der Waals surface area contributed by atoms with E-state index in [1.807, 2.05) is 29.2 Å². The van der Waals surface area contributed by atoms with Crippen LogP contribution in [0.1, 0.15) is 43.1 Å². The van der Waals surface area contributed by atoms with E-state index < -0.39 is 0 Å². The van der Waals surface area contributed by atoms with Crippen molar-refractivity contribution in [2.75, 3.05) is 13.1 Å². The number of hydrogen-bond donors (Lipinski definition) is 1. The minimum atomic E-state index is 0.109. The second kappa shape index (κ2) is 6.78. The van der Waals surface area contributed by atoms with E-state index in [1.54, 1.807) is 0 Å². The van der Waals surface area contributed by atoms with Crippen LogP contribution >= 0.6 is 0 Å². The normalized spacial score (nSPS) is 25.1. The molecular formula is C18H24N2O. The van der Waals surface area contributed by atoms with Gasteiger partial charge >= 0.3 is 0 Å². The third-order valence-electron chi connectivity index (χ3n) is 4.30. The molecule has 3 atom stereocenters. The maximum absolute atomic E-state index is 12.8. The van der Waals surface area contributed by atoms with Crippen LogP contribution in [0.25, 0.3) is 0 Å². The zero-order valence-corrected chi connectivity index (χ0v) is 13.1. The Morgan fingerprint density at radius 1 is 1.38 bits per heavy atom. The van der Waals surface area contributed by atoms with Crippen LogP contribution in [-0.4, -0.2) is 29.9 Å². The molecule has 0 aliphatic carbocycles. The van der Waals surface area contributed by atoms with Crippen LogP contribution in [0, 0.1) is 23.7 Å². The first-order chi connectivity index (χ1) is 10.0. The average molecular weight is 284 g/mol. The molecule has 1 aromatic carbocycles. The summed E-state index contributed by atoms with van der Waals surface area (Å²) in [5.74, 6) is 7.02. The van der Waals surface area contributed by atoms with Crippen molar-refractivity contribution in [1.82, 2.24) is 4.90 Å². The van der Waals surface area contributed by atoms with E-state index in [9.17, 15) is 4.79 Å². The Balaban J connectivity index is 2.23. The summed E-state index contributed by atoms with van der Waals surface area (Å²) in [5, 5.41) is 0. The van der Waals surface area contributed by atoms with Gasteiger partial charge in [-0.2, -0.15) is 0 Å². The van der Waals surface area contributed by atoms with Gasteiger partial charge in [-0.05, 0) is 43.4 Å². The SMILES string of the molecule is CC1CC(C)C(C)N(C(=O)c2cccc(C#CCN)c2)C1. The molecule has 1 aliphatic rings. The lowest BCUT2D eigenvalue weighted by molar-refractivity contribution is 0.0455. The third-order valence-corrected chi connectivity index (χ3v) is 4.30. The molecular weight excluding hydrogens is 260 g/mol. The summed E-state index contributed by atoms with van der Waals surface area (Å²) < 4.78 is 0. The van der Waals surface area contributed by atoms with Gasteiger partial charge in [-0.25, -0.2) is 0 Å². The first kappa shape index (κ1) is 15.6. The van der Waals surface area contributed by atoms with Crippen LogP contribution in [-0.2, 0) is 0 Å². The van der Waals surface area contributed by atoms with Gasteiger partial charge in [-0.15, -0.1) is 0 Å². The van der Waals surface area contributed by atoms with Crippen molar-refractivity contribution in [1.29, 1.82) is 0 Å². The van der Waals surface area contributed by atoms with E-state index in [0.29, 0.717) is 23.9 Å². The summed E-state index contributed by atoms with van der Waals surface area (Å²) in [5.41, 5.74) is 6.95. The average Bonchev–Trinajstić information content (AvgIpc) is 2.48. The number of piperidine rings is 1. The molecule has 3 unspecified atom stereocenters. The van der Waals surface area contributed by atoms with Crippen LogP contribution in [0.2, 0.25) is 0 Å². The summed E-state index contributed by atoms with van der Waals surface area (Å²) in [4.78, 5) is 14.8. The highest BCUT2D eigenvalue weighted by Crippen LogP contribution is 2.28. The molecule has 3 nitrogen and oxygen atoms in total. The van der Waals surface area contributed by atoms with Gasteiger partial charge in [-0.1, -0.05) is 31.8 Å². The predicted octanol–water partition coefficient (Wildman–Crippen LogP) is 2.50. The van der Waals surface area contributed by atoms with Crippen molar-refractivity contribution in [3.05, 3.63) is 35.4 Å². The Hall–Kier alpha value is -1.79. The van der Waals surface area contributed by atoms with Crippen LogP contribution in [0.15, 0.2) is 24.3 Å². The van der Waals surface area contributed by atoms with Gasteiger partial charge in [0.25, 0.3) is 5.91 Å². The van der Waals surface area contributed by atoms with E-state index in [4.69, 9.17) is 5.73 Å². The van der Waals surface area contributed by atoms with E-state index in [-0.39, 0.29) is 11.9 Å². The van der Waals surface area contributed by atoms with Crippen LogP contribution in [0.5, 0.6) is 0 Å². The topological polar surface area (TPSA) is 46.3 Å². The summed E-state index contributed by atoms with van der Waals surface area (Å²) in [6.07, 6.45) is 1.19. The van der Waals surface area contributed by atoms with E-state index >= 15 is 0 Å². The van der Waals surface area contributed by atoms with Crippen molar-refractivity contribution in [2.24, 2.45) is 17.6 Å². The van der Waals surface area contributed by atoms with Crippen molar-refractivity contribution >= 4 is 5.91 Å². The van der Waals surface area contributed by atoms with Gasteiger partial charge in [0.2, 0.25) is 0 Å². The Morgan fingerprint density at radius 2 is 2.14 bits per heavy atom. The molecule has 21 heavy (non-hydrogen) atoms. The van der Waals surface area contributed by atoms with Gasteiger partial charge < -0.3 is 10.6 Å². The largest absolute Gasteiger partial charge is 0.335 e. The zero-order valence-electron chi connectivity index (χ0n) is 13.1. The van der Waals surface area contributed by atoms with Crippen LogP contribution in [0.3, 0.4) is 0 Å². The van der Waals surface area contributed by atoms with E-state index in [2.05, 4.69) is 32.6 Å². The molecule has 2 N–H and O–H groups in total. The van der Waals surface area contributed by atoms with Gasteiger partial charge in [0, 0.05) is 23.7 Å². The number of benzene rings is 1. The minimum absolute atomic E-state index is 0.109. The Bertz CT molecular complexity index is 570. The lowest BCUT2D eigenvalue weighted by Crippen LogP contribution is -2.48. The van der Waals surface area contributed by atoms with Gasteiger partial charge in [-0.3, -0.25) is 4.79 Å². The van der Waals surface area contributed by atoms with Crippen LogP contribution in [0.4, 0.5) is 0 Å². The lowest BCUT2D eigenvalue weighted by atomic mass is 9.85. The number of rotatable bonds is 1. The molecule has 0 spiro atoms. The second-order valence-corrected chi connectivity index (χ2v) is 6.10. The molecule has 1 aromatic rings. The summed E-state index contributed by atoms with van der Waals surface area (Å²) >= 11 is 0. The molecule has 0 saturated carbocycles. The van der Waals surface area contributed by atoms with Gasteiger partial charge in [0.15, 0.2) is 0 Å². The Morgan fingerprint density at radius 3 is 2.86 bits per heavy atom. The number of nitrogens with zero attached hydrogens (tertiary/aromatic N) is 1. The molecule has 2 rings (SSSR count). The van der Waals surface area contributed by atoms with E-state index in [1.165, 1.54) is 6.42 Å². The minimum Gasteiger partial charge on any atom is -0.335 e. The fourth-order valence-electron chi connectivity index (χ4n) is 3.03. The number of hydrogen-bond acceptors (Lipinski definition) is 2. The smallest absolute Gasteiger partial charge is 0.254 e. The summed E-state index contributed by atoms with van der Waals surface area (Å²) in [6.45, 7) is 7.75. The number of likely N-dealkylation sites (tertiary alicyclic amines) is 1. The fourth-order valence-corrected chi connectivity index (χ4v) is 3.03. The quantitative estimate of drug-likeness (QED) is 0.805. The zero-order chi connectivity index (χ0) is 15.4. The number of carbonyl (C=O) groups excluding carboxylic acids is 1. The van der Waals surface area contributed by atoms with Crippen molar-refractivity contribution in [3.8, 4) is 11.8 Å². The summed E-state index contributed by atoms with van der Waals surface area (Å²) in [7, 11) is 0. The maximum atomic E-state index is 12.8.